The summed E-state index contributed by atoms with van der Waals surface area (Å²) in [5, 5.41) is 0. The maximum atomic E-state index is 12.4. The van der Waals surface area contributed by atoms with Gasteiger partial charge in [-0.1, -0.05) is 37.3 Å². The molecule has 0 fully saturated rings. The maximum Gasteiger partial charge on any atom is 0.433 e. The Labute approximate surface area is 114 Å². The third-order valence-corrected chi connectivity index (χ3v) is 3.10. The minimum Gasteiger partial charge on any atom is -0.251 e. The number of halogens is 3. The minimum atomic E-state index is -4.42. The summed E-state index contributed by atoms with van der Waals surface area (Å²) in [5.74, 6) is -0.0791. The fourth-order valence-electron chi connectivity index (χ4n) is 1.86. The summed E-state index contributed by atoms with van der Waals surface area (Å²) < 4.78 is 37.3. The van der Waals surface area contributed by atoms with Gasteiger partial charge in [0.2, 0.25) is 0 Å². The smallest absolute Gasteiger partial charge is 0.251 e. The van der Waals surface area contributed by atoms with E-state index in [9.17, 15) is 13.2 Å². The molecule has 0 bridgehead atoms. The Morgan fingerprint density at radius 1 is 1.05 bits per heavy atom. The number of benzene rings is 1. The molecular formula is C15H11F3N2. The second-order valence-electron chi connectivity index (χ2n) is 4.40. The van der Waals surface area contributed by atoms with Crippen molar-refractivity contribution in [3.05, 3.63) is 70.8 Å². The van der Waals surface area contributed by atoms with Gasteiger partial charge in [-0.25, -0.2) is 4.85 Å². The van der Waals surface area contributed by atoms with E-state index in [0.29, 0.717) is 11.3 Å². The van der Waals surface area contributed by atoms with Gasteiger partial charge in [0.1, 0.15) is 5.69 Å². The molecule has 1 aromatic heterocycles. The van der Waals surface area contributed by atoms with Crippen LogP contribution in [0.15, 0.2) is 42.6 Å². The quantitative estimate of drug-likeness (QED) is 0.720. The van der Waals surface area contributed by atoms with Gasteiger partial charge in [-0.3, -0.25) is 4.98 Å². The molecule has 1 unspecified atom stereocenters. The van der Waals surface area contributed by atoms with Crippen LogP contribution in [-0.4, -0.2) is 4.98 Å². The normalized spacial score (nSPS) is 12.8. The molecule has 2 rings (SSSR count). The van der Waals surface area contributed by atoms with Crippen LogP contribution in [0, 0.1) is 6.57 Å². The highest BCUT2D eigenvalue weighted by Crippen LogP contribution is 2.30. The largest absolute Gasteiger partial charge is 0.433 e. The lowest BCUT2D eigenvalue weighted by Gasteiger charge is -2.13. The van der Waals surface area contributed by atoms with E-state index in [0.717, 1.165) is 11.6 Å². The van der Waals surface area contributed by atoms with Crippen molar-refractivity contribution < 1.29 is 13.2 Å². The lowest BCUT2D eigenvalue weighted by Crippen LogP contribution is -2.08. The predicted molar refractivity (Wildman–Crippen MR) is 69.5 cm³/mol. The zero-order chi connectivity index (χ0) is 14.8. The molecule has 1 heterocycles. The van der Waals surface area contributed by atoms with E-state index in [1.54, 1.807) is 24.3 Å². The fourth-order valence-corrected chi connectivity index (χ4v) is 1.86. The Morgan fingerprint density at radius 3 is 2.10 bits per heavy atom. The molecule has 0 aliphatic rings. The Kier molecular flexibility index (Phi) is 3.75. The molecule has 0 radical (unpaired) electrons. The lowest BCUT2D eigenvalue weighted by atomic mass is 9.94. The number of pyridine rings is 1. The first kappa shape index (κ1) is 14.1. The topological polar surface area (TPSA) is 17.2 Å². The zero-order valence-electron chi connectivity index (χ0n) is 10.6. The van der Waals surface area contributed by atoms with Crippen LogP contribution in [0.2, 0.25) is 0 Å². The second-order valence-corrected chi connectivity index (χ2v) is 4.40. The third kappa shape index (κ3) is 2.97. The highest BCUT2D eigenvalue weighted by atomic mass is 19.4. The Balaban J connectivity index is 2.24. The monoisotopic (exact) mass is 276 g/mol. The van der Waals surface area contributed by atoms with Crippen LogP contribution in [-0.2, 0) is 6.18 Å². The molecule has 1 aromatic carbocycles. The summed E-state index contributed by atoms with van der Waals surface area (Å²) in [6, 6.07) is 9.40. The number of alkyl halides is 3. The van der Waals surface area contributed by atoms with Crippen molar-refractivity contribution in [3.63, 3.8) is 0 Å². The average Bonchev–Trinajstić information content (AvgIpc) is 2.46. The molecule has 5 heteroatoms. The highest BCUT2D eigenvalue weighted by Gasteiger charge is 2.32. The standard InChI is InChI=1S/C15H11F3N2/c1-10(11-3-6-13(19-2)7-4-11)12-5-8-14(20-9-12)15(16,17)18/h3-10H,1H3. The zero-order valence-corrected chi connectivity index (χ0v) is 10.6. The van der Waals surface area contributed by atoms with Crippen LogP contribution in [0.1, 0.15) is 29.7 Å². The Hall–Kier alpha value is -2.35. The maximum absolute atomic E-state index is 12.4. The average molecular weight is 276 g/mol. The first-order chi connectivity index (χ1) is 9.41. The van der Waals surface area contributed by atoms with Gasteiger partial charge in [-0.15, -0.1) is 0 Å². The van der Waals surface area contributed by atoms with Crippen molar-refractivity contribution in [1.82, 2.24) is 4.98 Å². The summed E-state index contributed by atoms with van der Waals surface area (Å²) in [6.45, 7) is 8.76. The summed E-state index contributed by atoms with van der Waals surface area (Å²) in [6.07, 6.45) is -3.17. The van der Waals surface area contributed by atoms with Crippen LogP contribution in [0.25, 0.3) is 4.85 Å². The molecule has 0 saturated carbocycles. The van der Waals surface area contributed by atoms with Crippen LogP contribution in [0.4, 0.5) is 18.9 Å². The van der Waals surface area contributed by atoms with Crippen LogP contribution < -0.4 is 0 Å². The molecule has 0 saturated heterocycles. The highest BCUT2D eigenvalue weighted by molar-refractivity contribution is 5.47. The number of hydrogen-bond acceptors (Lipinski definition) is 1. The third-order valence-electron chi connectivity index (χ3n) is 3.10. The summed E-state index contributed by atoms with van der Waals surface area (Å²) in [5.41, 5.74) is 1.27. The van der Waals surface area contributed by atoms with Gasteiger partial charge in [0.25, 0.3) is 0 Å². The van der Waals surface area contributed by atoms with Crippen molar-refractivity contribution >= 4 is 5.69 Å². The Morgan fingerprint density at radius 2 is 1.65 bits per heavy atom. The van der Waals surface area contributed by atoms with Crippen molar-refractivity contribution in [3.8, 4) is 0 Å². The van der Waals surface area contributed by atoms with Gasteiger partial charge in [-0.2, -0.15) is 13.2 Å². The van der Waals surface area contributed by atoms with Gasteiger partial charge in [0.15, 0.2) is 5.69 Å². The van der Waals surface area contributed by atoms with Gasteiger partial charge >= 0.3 is 6.18 Å². The van der Waals surface area contributed by atoms with E-state index in [4.69, 9.17) is 6.57 Å². The summed E-state index contributed by atoms with van der Waals surface area (Å²) in [7, 11) is 0. The van der Waals surface area contributed by atoms with E-state index in [-0.39, 0.29) is 5.92 Å². The van der Waals surface area contributed by atoms with Crippen LogP contribution in [0.3, 0.4) is 0 Å². The molecule has 20 heavy (non-hydrogen) atoms. The molecular weight excluding hydrogens is 265 g/mol. The molecule has 0 N–H and O–H groups in total. The van der Waals surface area contributed by atoms with Crippen molar-refractivity contribution in [2.24, 2.45) is 0 Å². The number of aromatic nitrogens is 1. The second kappa shape index (κ2) is 5.33. The SMILES string of the molecule is [C-]#[N+]c1ccc(C(C)c2ccc(C(F)(F)F)nc2)cc1. The molecule has 1 atom stereocenters. The van der Waals surface area contributed by atoms with Gasteiger partial charge < -0.3 is 0 Å². The molecule has 0 aliphatic carbocycles. The molecule has 0 aliphatic heterocycles. The number of nitrogens with zero attached hydrogens (tertiary/aromatic N) is 2. The first-order valence-corrected chi connectivity index (χ1v) is 5.92. The van der Waals surface area contributed by atoms with E-state index >= 15 is 0 Å². The molecule has 2 aromatic rings. The Bertz CT molecular complexity index is 622. The van der Waals surface area contributed by atoms with Crippen LogP contribution in [0.5, 0.6) is 0 Å². The van der Waals surface area contributed by atoms with E-state index in [1.807, 2.05) is 6.92 Å². The molecule has 0 amide bonds. The van der Waals surface area contributed by atoms with Crippen LogP contribution >= 0.6 is 0 Å². The summed E-state index contributed by atoms with van der Waals surface area (Å²) >= 11 is 0. The predicted octanol–water partition coefficient (Wildman–Crippen LogP) is 4.80. The molecule has 2 nitrogen and oxygen atoms in total. The lowest BCUT2D eigenvalue weighted by molar-refractivity contribution is -0.141. The molecule has 0 spiro atoms. The fraction of sp³-hybridized carbons (Fsp3) is 0.200. The van der Waals surface area contributed by atoms with Gasteiger partial charge in [0.05, 0.1) is 6.57 Å². The van der Waals surface area contributed by atoms with E-state index in [2.05, 4.69) is 9.83 Å². The van der Waals surface area contributed by atoms with Gasteiger partial charge in [-0.05, 0) is 17.2 Å². The minimum absolute atomic E-state index is 0.0791. The van der Waals surface area contributed by atoms with Crippen molar-refractivity contribution in [1.29, 1.82) is 0 Å². The summed E-state index contributed by atoms with van der Waals surface area (Å²) in [4.78, 5) is 6.75. The van der Waals surface area contributed by atoms with Crippen molar-refractivity contribution in [2.75, 3.05) is 0 Å². The first-order valence-electron chi connectivity index (χ1n) is 5.92. The molecule has 102 valence electrons. The van der Waals surface area contributed by atoms with E-state index in [1.165, 1.54) is 12.3 Å². The van der Waals surface area contributed by atoms with Crippen molar-refractivity contribution in [2.45, 2.75) is 19.0 Å². The van der Waals surface area contributed by atoms with Gasteiger partial charge in [0, 0.05) is 12.1 Å². The number of rotatable bonds is 2. The van der Waals surface area contributed by atoms with E-state index < -0.39 is 11.9 Å². The number of hydrogen-bond donors (Lipinski definition) is 0.